The van der Waals surface area contributed by atoms with E-state index in [1.54, 1.807) is 12.4 Å². The number of nitrogens with zero attached hydrogens (tertiary/aromatic N) is 6. The van der Waals surface area contributed by atoms with Gasteiger partial charge in [-0.2, -0.15) is 0 Å². The number of carbonyl (C=O) groups excluding carboxylic acids is 1. The predicted molar refractivity (Wildman–Crippen MR) is 142 cm³/mol. The number of rotatable bonds is 7. The highest BCUT2D eigenvalue weighted by atomic mass is 35.5. The molecule has 6 rings (SSSR count). The summed E-state index contributed by atoms with van der Waals surface area (Å²) in [4.78, 5) is 33.7. The molecule has 4 aliphatic rings. The van der Waals surface area contributed by atoms with E-state index >= 15 is 0 Å². The molecule has 2 aromatic rings. The number of hydrogen-bond acceptors (Lipinski definition) is 9. The fourth-order valence-electron chi connectivity index (χ4n) is 6.11. The monoisotopic (exact) mass is 544 g/mol. The van der Waals surface area contributed by atoms with Gasteiger partial charge in [0, 0.05) is 55.1 Å². The average Bonchev–Trinajstić information content (AvgIpc) is 3.56. The van der Waals surface area contributed by atoms with E-state index in [2.05, 4.69) is 19.7 Å². The second-order valence-electron chi connectivity index (χ2n) is 10.8. The second kappa shape index (κ2) is 10.2. The average molecular weight is 545 g/mol. The van der Waals surface area contributed by atoms with Crippen LogP contribution >= 0.6 is 23.4 Å². The highest BCUT2D eigenvalue weighted by molar-refractivity contribution is 7.99. The molecule has 5 heterocycles. The summed E-state index contributed by atoms with van der Waals surface area (Å²) in [7, 11) is 0. The second-order valence-corrected chi connectivity index (χ2v) is 12.2. The molecular formula is C26H33ClN6O3S. The molecule has 4 fully saturated rings. The summed E-state index contributed by atoms with van der Waals surface area (Å²) in [6, 6.07) is 2.37. The van der Waals surface area contributed by atoms with Crippen LogP contribution in [0.5, 0.6) is 0 Å². The van der Waals surface area contributed by atoms with Crippen molar-refractivity contribution in [2.45, 2.75) is 73.6 Å². The van der Waals surface area contributed by atoms with Crippen molar-refractivity contribution < 1.29 is 15.0 Å². The number of aliphatic hydroxyl groups excluding tert-OH is 2. The Morgan fingerprint density at radius 2 is 1.89 bits per heavy atom. The first-order chi connectivity index (χ1) is 18.0. The van der Waals surface area contributed by atoms with E-state index in [9.17, 15) is 15.0 Å². The Kier molecular flexibility index (Phi) is 6.94. The van der Waals surface area contributed by atoms with Crippen molar-refractivity contribution in [2.24, 2.45) is 5.41 Å². The topological polar surface area (TPSA) is 106 Å². The summed E-state index contributed by atoms with van der Waals surface area (Å²) < 4.78 is 0. The molecule has 1 spiro atoms. The lowest BCUT2D eigenvalue weighted by Gasteiger charge is -2.39. The molecule has 1 amide bonds. The van der Waals surface area contributed by atoms with Gasteiger partial charge in [-0.25, -0.2) is 15.0 Å². The third-order valence-corrected chi connectivity index (χ3v) is 9.77. The minimum absolute atomic E-state index is 0.0353. The molecule has 3 aliphatic heterocycles. The first-order valence-corrected chi connectivity index (χ1v) is 14.4. The van der Waals surface area contributed by atoms with E-state index in [0.717, 1.165) is 75.4 Å². The Balaban J connectivity index is 1.15. The number of carbonyl (C=O) groups is 1. The molecule has 0 bridgehead atoms. The molecular weight excluding hydrogens is 512 g/mol. The number of anilines is 2. The van der Waals surface area contributed by atoms with Crippen LogP contribution in [0.2, 0.25) is 5.02 Å². The van der Waals surface area contributed by atoms with Crippen LogP contribution in [0.25, 0.3) is 0 Å². The zero-order chi connectivity index (χ0) is 25.6. The Morgan fingerprint density at radius 1 is 1.08 bits per heavy atom. The largest absolute Gasteiger partial charge is 0.394 e. The Hall–Kier alpha value is -2.14. The van der Waals surface area contributed by atoms with Gasteiger partial charge in [0.1, 0.15) is 16.5 Å². The minimum Gasteiger partial charge on any atom is -0.394 e. The van der Waals surface area contributed by atoms with E-state index in [1.807, 2.05) is 6.07 Å². The zero-order valence-corrected chi connectivity index (χ0v) is 22.4. The van der Waals surface area contributed by atoms with Crippen molar-refractivity contribution in [3.8, 4) is 0 Å². The van der Waals surface area contributed by atoms with Gasteiger partial charge in [0.05, 0.1) is 30.5 Å². The molecule has 2 N–H and O–H groups in total. The molecule has 1 unspecified atom stereocenters. The lowest BCUT2D eigenvalue weighted by atomic mass is 9.77. The normalized spacial score (nSPS) is 23.5. The molecule has 2 aromatic heterocycles. The molecule has 3 saturated heterocycles. The van der Waals surface area contributed by atoms with E-state index in [0.29, 0.717) is 39.9 Å². The third kappa shape index (κ3) is 4.89. The van der Waals surface area contributed by atoms with E-state index in [4.69, 9.17) is 21.6 Å². The zero-order valence-electron chi connectivity index (χ0n) is 20.9. The van der Waals surface area contributed by atoms with Gasteiger partial charge in [-0.3, -0.25) is 4.79 Å². The molecule has 1 atom stereocenters. The highest BCUT2D eigenvalue weighted by Gasteiger charge is 2.49. The molecule has 1 aliphatic carbocycles. The molecule has 198 valence electrons. The summed E-state index contributed by atoms with van der Waals surface area (Å²) in [5.41, 5.74) is 0.632. The molecule has 1 saturated carbocycles. The van der Waals surface area contributed by atoms with E-state index in [1.165, 1.54) is 11.8 Å². The smallest absolute Gasteiger partial charge is 0.223 e. The van der Waals surface area contributed by atoms with Crippen molar-refractivity contribution in [3.05, 3.63) is 29.2 Å². The van der Waals surface area contributed by atoms with Gasteiger partial charge >= 0.3 is 0 Å². The van der Waals surface area contributed by atoms with Gasteiger partial charge < -0.3 is 24.9 Å². The van der Waals surface area contributed by atoms with Crippen LogP contribution < -0.4 is 9.80 Å². The number of pyridine rings is 1. The summed E-state index contributed by atoms with van der Waals surface area (Å²) in [6.45, 7) is 3.20. The summed E-state index contributed by atoms with van der Waals surface area (Å²) in [5.74, 6) is 1.72. The number of halogens is 1. The number of likely N-dealkylation sites (tertiary alicyclic amines) is 1. The van der Waals surface area contributed by atoms with Crippen molar-refractivity contribution in [1.29, 1.82) is 0 Å². The van der Waals surface area contributed by atoms with Crippen LogP contribution in [-0.2, 0) is 11.4 Å². The van der Waals surface area contributed by atoms with Crippen LogP contribution in [0.15, 0.2) is 28.4 Å². The molecule has 37 heavy (non-hydrogen) atoms. The van der Waals surface area contributed by atoms with Gasteiger partial charge in [-0.15, -0.1) is 0 Å². The number of aliphatic hydroxyl groups is 2. The maximum Gasteiger partial charge on any atom is 0.223 e. The standard InChI is InChI=1S/C26H33ClN6O3S/c27-23-20(5-8-28-25(23)32-9-1-2-18(32)14-34)37-21-13-29-24(19(15-35)30-21)31-10-6-26(7-11-31)12-22(36)33(16-26)17-3-4-17/h5,8,13,17-18,34-35H,1-4,6-7,9-12,14-16H2. The lowest BCUT2D eigenvalue weighted by molar-refractivity contribution is -0.128. The number of hydrogen-bond donors (Lipinski definition) is 2. The Labute approximate surface area is 226 Å². The highest BCUT2D eigenvalue weighted by Crippen LogP contribution is 2.45. The maximum absolute atomic E-state index is 12.5. The predicted octanol–water partition coefficient (Wildman–Crippen LogP) is 3.11. The minimum atomic E-state index is -0.201. The van der Waals surface area contributed by atoms with Crippen molar-refractivity contribution in [1.82, 2.24) is 19.9 Å². The van der Waals surface area contributed by atoms with Gasteiger partial charge in [-0.1, -0.05) is 23.4 Å². The van der Waals surface area contributed by atoms with Crippen LogP contribution in [0.1, 0.15) is 50.6 Å². The Bertz CT molecular complexity index is 1170. The van der Waals surface area contributed by atoms with Gasteiger partial charge in [0.2, 0.25) is 5.91 Å². The number of aromatic nitrogens is 3. The fourth-order valence-corrected chi connectivity index (χ4v) is 7.24. The van der Waals surface area contributed by atoms with Crippen molar-refractivity contribution in [2.75, 3.05) is 42.6 Å². The van der Waals surface area contributed by atoms with Crippen LogP contribution in [0, 0.1) is 5.41 Å². The molecule has 0 radical (unpaired) electrons. The fraction of sp³-hybridized carbons (Fsp3) is 0.615. The van der Waals surface area contributed by atoms with Gasteiger partial charge in [0.15, 0.2) is 5.82 Å². The third-order valence-electron chi connectivity index (χ3n) is 8.32. The molecule has 9 nitrogen and oxygen atoms in total. The SMILES string of the molecule is O=C1CC2(CCN(c3ncc(Sc4ccnc(N5CCCC5CO)c4Cl)nc3CO)CC2)CN1C1CC1. The summed E-state index contributed by atoms with van der Waals surface area (Å²) in [5, 5.41) is 21.0. The van der Waals surface area contributed by atoms with Crippen molar-refractivity contribution >= 4 is 40.9 Å². The van der Waals surface area contributed by atoms with Gasteiger partial charge in [0.25, 0.3) is 0 Å². The first kappa shape index (κ1) is 25.2. The number of amides is 1. The van der Waals surface area contributed by atoms with Crippen molar-refractivity contribution in [3.63, 3.8) is 0 Å². The van der Waals surface area contributed by atoms with Gasteiger partial charge in [-0.05, 0) is 44.6 Å². The Morgan fingerprint density at radius 3 is 2.62 bits per heavy atom. The maximum atomic E-state index is 12.5. The summed E-state index contributed by atoms with van der Waals surface area (Å²) >= 11 is 8.15. The molecule has 0 aromatic carbocycles. The lowest BCUT2D eigenvalue weighted by Crippen LogP contribution is -2.42. The van der Waals surface area contributed by atoms with Crippen LogP contribution in [0.4, 0.5) is 11.6 Å². The van der Waals surface area contributed by atoms with E-state index in [-0.39, 0.29) is 24.7 Å². The summed E-state index contributed by atoms with van der Waals surface area (Å²) in [6.07, 6.45) is 10.3. The van der Waals surface area contributed by atoms with E-state index < -0.39 is 0 Å². The van der Waals surface area contributed by atoms with Crippen LogP contribution in [-0.4, -0.2) is 80.8 Å². The molecule has 11 heteroatoms. The number of piperidine rings is 1. The van der Waals surface area contributed by atoms with Crippen LogP contribution in [0.3, 0.4) is 0 Å². The first-order valence-electron chi connectivity index (χ1n) is 13.2. The quantitative estimate of drug-likeness (QED) is 0.543.